The molecule has 0 bridgehead atoms. The Labute approximate surface area is 114 Å². The molecular formula is C16H33NO. The Hall–Kier alpha value is -0.0800. The fourth-order valence-corrected chi connectivity index (χ4v) is 2.76. The topological polar surface area (TPSA) is 21.3 Å². The molecule has 2 unspecified atom stereocenters. The summed E-state index contributed by atoms with van der Waals surface area (Å²) in [5.74, 6) is 0.697. The Morgan fingerprint density at radius 3 is 2.44 bits per heavy atom. The maximum Gasteiger partial charge on any atom is 0.0631 e. The molecule has 1 rings (SSSR count). The molecule has 2 heteroatoms. The van der Waals surface area contributed by atoms with Gasteiger partial charge in [0, 0.05) is 0 Å². The minimum absolute atomic E-state index is 0.101. The maximum atomic E-state index is 6.15. The molecule has 2 nitrogen and oxygen atoms in total. The largest absolute Gasteiger partial charge is 0.372 e. The summed E-state index contributed by atoms with van der Waals surface area (Å²) in [6.07, 6.45) is 5.31. The van der Waals surface area contributed by atoms with Gasteiger partial charge in [-0.25, -0.2) is 0 Å². The monoisotopic (exact) mass is 255 g/mol. The van der Waals surface area contributed by atoms with E-state index in [1.54, 1.807) is 0 Å². The van der Waals surface area contributed by atoms with Crippen LogP contribution >= 0.6 is 0 Å². The molecule has 0 saturated carbocycles. The van der Waals surface area contributed by atoms with Crippen LogP contribution in [0.15, 0.2) is 0 Å². The molecule has 1 aliphatic rings. The van der Waals surface area contributed by atoms with E-state index in [0.717, 1.165) is 13.1 Å². The summed E-state index contributed by atoms with van der Waals surface area (Å²) >= 11 is 0. The van der Waals surface area contributed by atoms with E-state index in [9.17, 15) is 0 Å². The molecule has 0 aromatic heterocycles. The first-order chi connectivity index (χ1) is 8.24. The number of nitrogens with one attached hydrogen (secondary N) is 1. The summed E-state index contributed by atoms with van der Waals surface area (Å²) in [7, 11) is 0. The summed E-state index contributed by atoms with van der Waals surface area (Å²) in [6, 6.07) is 0. The Kier molecular flexibility index (Phi) is 5.67. The molecule has 1 fully saturated rings. The average molecular weight is 255 g/mol. The van der Waals surface area contributed by atoms with Gasteiger partial charge in [0.05, 0.1) is 11.7 Å². The Bertz CT molecular complexity index is 242. The van der Waals surface area contributed by atoms with Crippen LogP contribution in [0.4, 0.5) is 0 Å². The van der Waals surface area contributed by atoms with E-state index >= 15 is 0 Å². The van der Waals surface area contributed by atoms with Gasteiger partial charge in [-0.1, -0.05) is 27.7 Å². The molecular weight excluding hydrogens is 222 g/mol. The third-order valence-corrected chi connectivity index (χ3v) is 4.14. The first-order valence-corrected chi connectivity index (χ1v) is 7.63. The molecule has 1 saturated heterocycles. The van der Waals surface area contributed by atoms with Gasteiger partial charge in [-0.2, -0.15) is 0 Å². The van der Waals surface area contributed by atoms with Gasteiger partial charge in [-0.05, 0) is 64.0 Å². The first kappa shape index (κ1) is 16.0. The van der Waals surface area contributed by atoms with Crippen LogP contribution in [0.5, 0.6) is 0 Å². The van der Waals surface area contributed by atoms with Gasteiger partial charge < -0.3 is 10.1 Å². The van der Waals surface area contributed by atoms with Crippen molar-refractivity contribution in [3.8, 4) is 0 Å². The Morgan fingerprint density at radius 1 is 1.33 bits per heavy atom. The van der Waals surface area contributed by atoms with Crippen LogP contribution in [-0.2, 0) is 4.74 Å². The van der Waals surface area contributed by atoms with E-state index in [1.807, 2.05) is 0 Å². The highest BCUT2D eigenvalue weighted by atomic mass is 16.5. The van der Waals surface area contributed by atoms with Crippen molar-refractivity contribution in [1.29, 1.82) is 0 Å². The molecule has 0 aromatic rings. The normalized spacial score (nSPS) is 25.3. The predicted molar refractivity (Wildman–Crippen MR) is 78.9 cm³/mol. The van der Waals surface area contributed by atoms with Gasteiger partial charge >= 0.3 is 0 Å². The van der Waals surface area contributed by atoms with Crippen molar-refractivity contribution in [2.45, 2.75) is 78.9 Å². The van der Waals surface area contributed by atoms with E-state index in [-0.39, 0.29) is 5.60 Å². The smallest absolute Gasteiger partial charge is 0.0631 e. The van der Waals surface area contributed by atoms with Crippen LogP contribution in [0.1, 0.15) is 67.2 Å². The lowest BCUT2D eigenvalue weighted by molar-refractivity contribution is -0.0316. The molecule has 1 heterocycles. The second-order valence-corrected chi connectivity index (χ2v) is 7.54. The molecule has 0 spiro atoms. The molecule has 0 amide bonds. The zero-order valence-electron chi connectivity index (χ0n) is 13.3. The Balaban J connectivity index is 2.46. The zero-order valence-corrected chi connectivity index (χ0v) is 13.3. The number of ether oxygens (including phenoxy) is 1. The van der Waals surface area contributed by atoms with Crippen molar-refractivity contribution in [3.05, 3.63) is 0 Å². The first-order valence-electron chi connectivity index (χ1n) is 7.63. The van der Waals surface area contributed by atoms with Crippen molar-refractivity contribution >= 4 is 0 Å². The molecule has 2 atom stereocenters. The minimum Gasteiger partial charge on any atom is -0.372 e. The standard InChI is InChI=1S/C16H33NO/c1-7-10-17-12-13(15(2,3)4)11-14-8-9-16(5,6)18-14/h13-14,17H,7-12H2,1-6H3. The summed E-state index contributed by atoms with van der Waals surface area (Å²) in [5, 5.41) is 3.58. The van der Waals surface area contributed by atoms with Crippen LogP contribution in [0.3, 0.4) is 0 Å². The summed E-state index contributed by atoms with van der Waals surface area (Å²) < 4.78 is 6.15. The lowest BCUT2D eigenvalue weighted by Gasteiger charge is -2.33. The molecule has 18 heavy (non-hydrogen) atoms. The molecule has 108 valence electrons. The van der Waals surface area contributed by atoms with Crippen molar-refractivity contribution < 1.29 is 4.74 Å². The van der Waals surface area contributed by atoms with Crippen LogP contribution < -0.4 is 5.32 Å². The highest BCUT2D eigenvalue weighted by molar-refractivity contribution is 4.85. The van der Waals surface area contributed by atoms with Gasteiger partial charge in [-0.15, -0.1) is 0 Å². The average Bonchev–Trinajstić information content (AvgIpc) is 2.55. The maximum absolute atomic E-state index is 6.15. The van der Waals surface area contributed by atoms with Crippen molar-refractivity contribution in [3.63, 3.8) is 0 Å². The van der Waals surface area contributed by atoms with Crippen molar-refractivity contribution in [2.24, 2.45) is 11.3 Å². The fraction of sp³-hybridized carbons (Fsp3) is 1.00. The van der Waals surface area contributed by atoms with E-state index in [1.165, 1.54) is 25.7 Å². The summed E-state index contributed by atoms with van der Waals surface area (Å²) in [4.78, 5) is 0. The SMILES string of the molecule is CCCNCC(CC1CCC(C)(C)O1)C(C)(C)C. The fourth-order valence-electron chi connectivity index (χ4n) is 2.76. The molecule has 0 aliphatic carbocycles. The van der Waals surface area contributed by atoms with Gasteiger partial charge in [0.2, 0.25) is 0 Å². The lowest BCUT2D eigenvalue weighted by Crippen LogP contribution is -2.35. The molecule has 0 radical (unpaired) electrons. The number of hydrogen-bond donors (Lipinski definition) is 1. The highest BCUT2D eigenvalue weighted by Gasteiger charge is 2.35. The van der Waals surface area contributed by atoms with Crippen molar-refractivity contribution in [2.75, 3.05) is 13.1 Å². The lowest BCUT2D eigenvalue weighted by atomic mass is 9.77. The van der Waals surface area contributed by atoms with E-state index < -0.39 is 0 Å². The van der Waals surface area contributed by atoms with Gasteiger partial charge in [0.25, 0.3) is 0 Å². The quantitative estimate of drug-likeness (QED) is 0.724. The Morgan fingerprint density at radius 2 is 2.00 bits per heavy atom. The van der Waals surface area contributed by atoms with Crippen LogP contribution in [0, 0.1) is 11.3 Å². The highest BCUT2D eigenvalue weighted by Crippen LogP contribution is 2.37. The van der Waals surface area contributed by atoms with Gasteiger partial charge in [-0.3, -0.25) is 0 Å². The van der Waals surface area contributed by atoms with E-state index in [4.69, 9.17) is 4.74 Å². The van der Waals surface area contributed by atoms with E-state index in [0.29, 0.717) is 17.4 Å². The predicted octanol–water partition coefficient (Wildman–Crippen LogP) is 4.00. The summed E-state index contributed by atoms with van der Waals surface area (Å²) in [5.41, 5.74) is 0.459. The van der Waals surface area contributed by atoms with Crippen molar-refractivity contribution in [1.82, 2.24) is 5.32 Å². The second kappa shape index (κ2) is 6.38. The van der Waals surface area contributed by atoms with Crippen LogP contribution in [-0.4, -0.2) is 24.8 Å². The number of rotatable bonds is 6. The third-order valence-electron chi connectivity index (χ3n) is 4.14. The van der Waals surface area contributed by atoms with E-state index in [2.05, 4.69) is 46.9 Å². The third kappa shape index (κ3) is 5.27. The van der Waals surface area contributed by atoms with Gasteiger partial charge in [0.15, 0.2) is 0 Å². The molecule has 1 N–H and O–H groups in total. The molecule has 0 aromatic carbocycles. The minimum atomic E-state index is 0.101. The zero-order chi connectivity index (χ0) is 13.8. The number of hydrogen-bond acceptors (Lipinski definition) is 2. The van der Waals surface area contributed by atoms with Crippen LogP contribution in [0.2, 0.25) is 0 Å². The molecule has 1 aliphatic heterocycles. The van der Waals surface area contributed by atoms with Crippen LogP contribution in [0.25, 0.3) is 0 Å². The van der Waals surface area contributed by atoms with Gasteiger partial charge in [0.1, 0.15) is 0 Å². The second-order valence-electron chi connectivity index (χ2n) is 7.54. The summed E-state index contributed by atoms with van der Waals surface area (Å²) in [6.45, 7) is 16.0.